The van der Waals surface area contributed by atoms with Crippen molar-refractivity contribution < 1.29 is 14.7 Å². The molecular formula is C23H22N4O3. The summed E-state index contributed by atoms with van der Waals surface area (Å²) in [5.74, 6) is -0.787. The Hall–Kier alpha value is -3.74. The number of carboxylic acid groups (broad SMARTS) is 1. The van der Waals surface area contributed by atoms with Crippen molar-refractivity contribution >= 4 is 28.7 Å². The minimum absolute atomic E-state index is 0.295. The van der Waals surface area contributed by atoms with Gasteiger partial charge in [-0.3, -0.25) is 4.79 Å². The van der Waals surface area contributed by atoms with Crippen molar-refractivity contribution in [2.75, 3.05) is 31.1 Å². The van der Waals surface area contributed by atoms with Crippen molar-refractivity contribution in [3.8, 4) is 11.3 Å². The standard InChI is InChI=1S/C23H22N4O3/c1-16-7-8-19-18(15-16)22(17-5-3-2-4-6-17)25-23(24-19)27-13-11-26(12-14-27)20(28)9-10-21(29)30/h2-10,15H,11-14H2,1H3,(H,29,30)/b10-9-. The second kappa shape index (κ2) is 8.32. The number of benzene rings is 2. The van der Waals surface area contributed by atoms with Gasteiger partial charge >= 0.3 is 5.97 Å². The Morgan fingerprint density at radius 1 is 0.967 bits per heavy atom. The van der Waals surface area contributed by atoms with Crippen molar-refractivity contribution in [1.82, 2.24) is 14.9 Å². The number of nitrogens with zero attached hydrogens (tertiary/aromatic N) is 4. The molecule has 7 nitrogen and oxygen atoms in total. The summed E-state index contributed by atoms with van der Waals surface area (Å²) in [4.78, 5) is 36.1. The number of aromatic nitrogens is 2. The van der Waals surface area contributed by atoms with Gasteiger partial charge in [0.1, 0.15) is 0 Å². The Bertz CT molecular complexity index is 1120. The van der Waals surface area contributed by atoms with Crippen LogP contribution in [-0.4, -0.2) is 58.0 Å². The minimum Gasteiger partial charge on any atom is -0.478 e. The maximum Gasteiger partial charge on any atom is 0.328 e. The molecular weight excluding hydrogens is 380 g/mol. The molecule has 1 aliphatic heterocycles. The number of anilines is 1. The van der Waals surface area contributed by atoms with E-state index in [0.29, 0.717) is 32.1 Å². The lowest BCUT2D eigenvalue weighted by molar-refractivity contribution is -0.132. The van der Waals surface area contributed by atoms with Gasteiger partial charge in [0.05, 0.1) is 11.2 Å². The molecule has 152 valence electrons. The fraction of sp³-hybridized carbons (Fsp3) is 0.217. The molecule has 1 N–H and O–H groups in total. The lowest BCUT2D eigenvalue weighted by atomic mass is 10.0. The summed E-state index contributed by atoms with van der Waals surface area (Å²) in [5.41, 5.74) is 3.96. The third-order valence-electron chi connectivity index (χ3n) is 5.13. The summed E-state index contributed by atoms with van der Waals surface area (Å²) in [7, 11) is 0. The van der Waals surface area contributed by atoms with Gasteiger partial charge in [-0.05, 0) is 19.1 Å². The zero-order chi connectivity index (χ0) is 21.1. The first-order chi connectivity index (χ1) is 14.5. The van der Waals surface area contributed by atoms with Crippen LogP contribution in [0, 0.1) is 6.92 Å². The molecule has 0 saturated carbocycles. The van der Waals surface area contributed by atoms with Crippen LogP contribution in [0.4, 0.5) is 5.95 Å². The molecule has 4 rings (SSSR count). The first kappa shape index (κ1) is 19.6. The van der Waals surface area contributed by atoms with Crippen molar-refractivity contribution in [1.29, 1.82) is 0 Å². The smallest absolute Gasteiger partial charge is 0.328 e. The molecule has 0 spiro atoms. The van der Waals surface area contributed by atoms with Gasteiger partial charge in [0.2, 0.25) is 11.9 Å². The minimum atomic E-state index is -1.13. The summed E-state index contributed by atoms with van der Waals surface area (Å²) >= 11 is 0. The molecule has 1 aliphatic rings. The van der Waals surface area contributed by atoms with E-state index in [4.69, 9.17) is 15.1 Å². The summed E-state index contributed by atoms with van der Waals surface area (Å²) in [5, 5.41) is 9.70. The molecule has 2 heterocycles. The molecule has 1 fully saturated rings. The molecule has 0 unspecified atom stereocenters. The highest BCUT2D eigenvalue weighted by Crippen LogP contribution is 2.29. The average molecular weight is 402 g/mol. The molecule has 7 heteroatoms. The van der Waals surface area contributed by atoms with Crippen LogP contribution in [0.1, 0.15) is 5.56 Å². The third-order valence-corrected chi connectivity index (χ3v) is 5.13. The number of fused-ring (bicyclic) bond motifs is 1. The highest BCUT2D eigenvalue weighted by molar-refractivity contribution is 5.94. The lowest BCUT2D eigenvalue weighted by Crippen LogP contribution is -2.48. The second-order valence-corrected chi connectivity index (χ2v) is 7.24. The molecule has 3 aromatic rings. The van der Waals surface area contributed by atoms with Crippen LogP contribution < -0.4 is 4.90 Å². The number of carboxylic acids is 1. The average Bonchev–Trinajstić information content (AvgIpc) is 2.77. The van der Waals surface area contributed by atoms with Crippen molar-refractivity contribution in [2.45, 2.75) is 6.92 Å². The van der Waals surface area contributed by atoms with E-state index in [0.717, 1.165) is 39.9 Å². The van der Waals surface area contributed by atoms with Crippen LogP contribution in [0.25, 0.3) is 22.2 Å². The van der Waals surface area contributed by atoms with Crippen LogP contribution in [0.2, 0.25) is 0 Å². The monoisotopic (exact) mass is 402 g/mol. The fourth-order valence-corrected chi connectivity index (χ4v) is 3.56. The van der Waals surface area contributed by atoms with Gasteiger partial charge in [-0.2, -0.15) is 0 Å². The topological polar surface area (TPSA) is 86.6 Å². The van der Waals surface area contributed by atoms with Gasteiger partial charge in [-0.1, -0.05) is 42.0 Å². The molecule has 0 aliphatic carbocycles. The number of carbonyl (C=O) groups is 2. The van der Waals surface area contributed by atoms with Crippen LogP contribution >= 0.6 is 0 Å². The number of aryl methyl sites for hydroxylation is 1. The van der Waals surface area contributed by atoms with Gasteiger partial charge in [0.25, 0.3) is 0 Å². The number of hydrogen-bond acceptors (Lipinski definition) is 5. The molecule has 1 saturated heterocycles. The summed E-state index contributed by atoms with van der Waals surface area (Å²) < 4.78 is 0. The Balaban J connectivity index is 1.62. The Labute approximate surface area is 174 Å². The van der Waals surface area contributed by atoms with E-state index in [1.807, 2.05) is 42.5 Å². The SMILES string of the molecule is Cc1ccc2nc(N3CCN(C(=O)/C=C\C(=O)O)CC3)nc(-c3ccccc3)c2c1. The number of carbonyl (C=O) groups excluding carboxylic acids is 1. The van der Waals surface area contributed by atoms with Crippen molar-refractivity contribution in [3.05, 3.63) is 66.2 Å². The zero-order valence-electron chi connectivity index (χ0n) is 16.7. The van der Waals surface area contributed by atoms with E-state index in [9.17, 15) is 9.59 Å². The van der Waals surface area contributed by atoms with Gasteiger partial charge in [0.15, 0.2) is 0 Å². The largest absolute Gasteiger partial charge is 0.478 e. The second-order valence-electron chi connectivity index (χ2n) is 7.24. The Kier molecular flexibility index (Phi) is 5.43. The molecule has 0 radical (unpaired) electrons. The molecule has 0 bridgehead atoms. The normalized spacial score (nSPS) is 14.4. The molecule has 0 atom stereocenters. The van der Waals surface area contributed by atoms with E-state index >= 15 is 0 Å². The first-order valence-electron chi connectivity index (χ1n) is 9.80. The number of hydrogen-bond donors (Lipinski definition) is 1. The maximum absolute atomic E-state index is 12.1. The maximum atomic E-state index is 12.1. The van der Waals surface area contributed by atoms with Crippen LogP contribution in [-0.2, 0) is 9.59 Å². The third kappa shape index (κ3) is 4.15. The molecule has 2 aromatic carbocycles. The first-order valence-corrected chi connectivity index (χ1v) is 9.80. The van der Waals surface area contributed by atoms with E-state index in [2.05, 4.69) is 17.9 Å². The van der Waals surface area contributed by atoms with E-state index in [-0.39, 0.29) is 5.91 Å². The number of rotatable bonds is 4. The molecule has 30 heavy (non-hydrogen) atoms. The summed E-state index contributed by atoms with van der Waals surface area (Å²) in [6.45, 7) is 4.19. The molecule has 1 amide bonds. The Morgan fingerprint density at radius 3 is 2.40 bits per heavy atom. The van der Waals surface area contributed by atoms with Crippen LogP contribution in [0.5, 0.6) is 0 Å². The zero-order valence-corrected chi connectivity index (χ0v) is 16.7. The van der Waals surface area contributed by atoms with Gasteiger partial charge in [0, 0.05) is 49.3 Å². The number of aliphatic carboxylic acids is 1. The summed E-state index contributed by atoms with van der Waals surface area (Å²) in [6.07, 6.45) is 1.97. The fourth-order valence-electron chi connectivity index (χ4n) is 3.56. The van der Waals surface area contributed by atoms with E-state index in [1.54, 1.807) is 4.90 Å². The highest BCUT2D eigenvalue weighted by Gasteiger charge is 2.23. The van der Waals surface area contributed by atoms with Crippen molar-refractivity contribution in [2.24, 2.45) is 0 Å². The predicted octanol–water partition coefficient (Wildman–Crippen LogP) is 2.89. The summed E-state index contributed by atoms with van der Waals surface area (Å²) in [6, 6.07) is 16.2. The van der Waals surface area contributed by atoms with Crippen LogP contribution in [0.3, 0.4) is 0 Å². The number of amides is 1. The van der Waals surface area contributed by atoms with Crippen molar-refractivity contribution in [3.63, 3.8) is 0 Å². The number of piperazine rings is 1. The Morgan fingerprint density at radius 2 is 1.70 bits per heavy atom. The van der Waals surface area contributed by atoms with Crippen LogP contribution in [0.15, 0.2) is 60.7 Å². The lowest BCUT2D eigenvalue weighted by Gasteiger charge is -2.34. The quantitative estimate of drug-likeness (QED) is 0.676. The van der Waals surface area contributed by atoms with Gasteiger partial charge in [-0.15, -0.1) is 0 Å². The van der Waals surface area contributed by atoms with Gasteiger partial charge in [-0.25, -0.2) is 14.8 Å². The predicted molar refractivity (Wildman–Crippen MR) is 115 cm³/mol. The highest BCUT2D eigenvalue weighted by atomic mass is 16.4. The van der Waals surface area contributed by atoms with Gasteiger partial charge < -0.3 is 14.9 Å². The van der Waals surface area contributed by atoms with E-state index < -0.39 is 5.97 Å². The van der Waals surface area contributed by atoms with E-state index in [1.165, 1.54) is 0 Å². The molecule has 1 aromatic heterocycles.